The van der Waals surface area contributed by atoms with Gasteiger partial charge in [-0.1, -0.05) is 33.4 Å². The Bertz CT molecular complexity index is 1360. The quantitative estimate of drug-likeness (QED) is 0.296. The zero-order valence-electron chi connectivity index (χ0n) is 23.6. The van der Waals surface area contributed by atoms with Crippen molar-refractivity contribution in [3.05, 3.63) is 52.3 Å². The van der Waals surface area contributed by atoms with Crippen molar-refractivity contribution >= 4 is 22.0 Å². The molecule has 0 radical (unpaired) electrons. The summed E-state index contributed by atoms with van der Waals surface area (Å²) < 4.78 is 26.1. The third kappa shape index (κ3) is 6.70. The fourth-order valence-corrected chi connectivity index (χ4v) is 8.11. The monoisotopic (exact) mass is 589 g/mol. The van der Waals surface area contributed by atoms with E-state index in [1.165, 1.54) is 4.68 Å². The summed E-state index contributed by atoms with van der Waals surface area (Å²) in [6.07, 6.45) is 1.36. The van der Waals surface area contributed by atoms with Crippen LogP contribution in [0.1, 0.15) is 84.6 Å². The van der Waals surface area contributed by atoms with Gasteiger partial charge in [0.1, 0.15) is 10.4 Å². The van der Waals surface area contributed by atoms with E-state index in [0.29, 0.717) is 56.1 Å². The van der Waals surface area contributed by atoms with Crippen molar-refractivity contribution in [2.24, 2.45) is 7.05 Å². The number of amides is 1. The molecular weight excluding hydrogens is 546 g/mol. The average molecular weight is 590 g/mol. The lowest BCUT2D eigenvalue weighted by atomic mass is 10.1. The summed E-state index contributed by atoms with van der Waals surface area (Å²) in [6, 6.07) is 8.86. The third-order valence-corrected chi connectivity index (χ3v) is 11.2. The highest BCUT2D eigenvalue weighted by Crippen LogP contribution is 2.58. The van der Waals surface area contributed by atoms with Gasteiger partial charge in [0.15, 0.2) is 21.8 Å². The molecule has 1 heterocycles. The van der Waals surface area contributed by atoms with E-state index in [9.17, 15) is 28.2 Å². The molecule has 3 N–H and O–H groups in total. The Morgan fingerprint density at radius 3 is 2.34 bits per heavy atom. The number of likely N-dealkylation sites (N-methyl/N-ethyl adjacent to an activating group) is 1. The molecule has 0 aliphatic heterocycles. The van der Waals surface area contributed by atoms with Gasteiger partial charge in [-0.3, -0.25) is 14.3 Å². The molecule has 2 aliphatic rings. The molecule has 1 aromatic heterocycles. The minimum Gasteiger partial charge on any atom is -0.394 e. The Labute approximate surface area is 243 Å². The van der Waals surface area contributed by atoms with Crippen molar-refractivity contribution in [2.75, 3.05) is 26.7 Å². The number of sulfone groups is 1. The Morgan fingerprint density at radius 1 is 1.24 bits per heavy atom. The third-order valence-electron chi connectivity index (χ3n) is 7.79. The largest absolute Gasteiger partial charge is 0.394 e. The van der Waals surface area contributed by atoms with Crippen LogP contribution < -0.4 is 5.32 Å². The van der Waals surface area contributed by atoms with Gasteiger partial charge in [0.25, 0.3) is 5.91 Å². The van der Waals surface area contributed by atoms with Crippen molar-refractivity contribution in [2.45, 2.75) is 75.5 Å². The second-order valence-corrected chi connectivity index (χ2v) is 13.1. The number of nitrogens with one attached hydrogen (secondary N) is 1. The molecule has 1 aromatic carbocycles. The first kappa shape index (κ1) is 34.1. The van der Waals surface area contributed by atoms with Crippen LogP contribution >= 0.6 is 0 Å². The first-order valence-electron chi connectivity index (χ1n) is 13.5. The first-order valence-corrected chi connectivity index (χ1v) is 15.0. The maximum Gasteiger partial charge on any atom is 0.272 e. The number of rotatable bonds is 13. The molecule has 2 aromatic rings. The second kappa shape index (κ2) is 13.7. The van der Waals surface area contributed by atoms with Crippen LogP contribution in [-0.4, -0.2) is 87.8 Å². The smallest absolute Gasteiger partial charge is 0.272 e. The minimum atomic E-state index is -3.68. The van der Waals surface area contributed by atoms with Gasteiger partial charge >= 0.3 is 0 Å². The molecule has 2 fully saturated rings. The summed E-state index contributed by atoms with van der Waals surface area (Å²) in [6.45, 7) is 4.27. The average Bonchev–Trinajstić information content (AvgIpc) is 3.89. The zero-order chi connectivity index (χ0) is 29.7. The molecule has 41 heavy (non-hydrogen) atoms. The summed E-state index contributed by atoms with van der Waals surface area (Å²) in [5.74, 6) is -0.439. The molecule has 11 nitrogen and oxygen atoms in total. The molecule has 4 rings (SSSR count). The Balaban J connectivity index is 0.00000192. The number of aryl methyl sites for hydroxylation is 1. The van der Waals surface area contributed by atoms with Gasteiger partial charge in [0, 0.05) is 32.2 Å². The van der Waals surface area contributed by atoms with Crippen LogP contribution in [0.3, 0.4) is 0 Å². The van der Waals surface area contributed by atoms with Crippen LogP contribution in [0.5, 0.6) is 0 Å². The highest BCUT2D eigenvalue weighted by molar-refractivity contribution is 7.94. The lowest BCUT2D eigenvalue weighted by molar-refractivity contribution is 0.0847. The molecule has 2 aliphatic carbocycles. The predicted octanol–water partition coefficient (Wildman–Crippen LogP) is 2.00. The molecule has 226 valence electrons. The van der Waals surface area contributed by atoms with Crippen molar-refractivity contribution in [1.82, 2.24) is 20.0 Å². The molecule has 0 saturated heterocycles. The SMILES string of the molecule is C.CC.CN(CCc1c(C(=O)NCc2ccc(C#N)cc2)nn(C)c1C=O)CC1(S(=O)(=O)C2(C(O)CO)CC2)CC1. The summed E-state index contributed by atoms with van der Waals surface area (Å²) in [4.78, 5) is 26.6. The maximum absolute atomic E-state index is 13.5. The van der Waals surface area contributed by atoms with Crippen LogP contribution in [0.2, 0.25) is 0 Å². The van der Waals surface area contributed by atoms with Crippen LogP contribution in [0, 0.1) is 11.3 Å². The van der Waals surface area contributed by atoms with Gasteiger partial charge in [0.05, 0.1) is 29.1 Å². The fourth-order valence-electron chi connectivity index (χ4n) is 5.15. The fraction of sp³-hybridized carbons (Fsp3) is 0.586. The lowest BCUT2D eigenvalue weighted by Gasteiger charge is -2.30. The van der Waals surface area contributed by atoms with Crippen LogP contribution in [0.15, 0.2) is 24.3 Å². The summed E-state index contributed by atoms with van der Waals surface area (Å²) in [5, 5.41) is 35.6. The number of hydrogen-bond donors (Lipinski definition) is 3. The van der Waals surface area contributed by atoms with Gasteiger partial charge in [0.2, 0.25) is 0 Å². The van der Waals surface area contributed by atoms with E-state index in [1.807, 2.05) is 24.8 Å². The Hall–Kier alpha value is -3.11. The number of carbonyl (C=O) groups is 2. The van der Waals surface area contributed by atoms with Crippen molar-refractivity contribution in [3.63, 3.8) is 0 Å². The lowest BCUT2D eigenvalue weighted by Crippen LogP contribution is -2.49. The van der Waals surface area contributed by atoms with Crippen LogP contribution in [0.4, 0.5) is 0 Å². The number of benzene rings is 1. The van der Waals surface area contributed by atoms with E-state index in [2.05, 4.69) is 10.4 Å². The number of hydrogen-bond acceptors (Lipinski definition) is 9. The second-order valence-electron chi connectivity index (χ2n) is 10.4. The molecule has 0 bridgehead atoms. The molecular formula is C29H43N5O6S. The van der Waals surface area contributed by atoms with Gasteiger partial charge in [-0.2, -0.15) is 10.4 Å². The molecule has 0 spiro atoms. The number of aliphatic hydroxyl groups is 2. The van der Waals surface area contributed by atoms with E-state index >= 15 is 0 Å². The summed E-state index contributed by atoms with van der Waals surface area (Å²) in [5.41, 5.74) is 2.21. The number of nitriles is 1. The maximum atomic E-state index is 13.5. The number of carbonyl (C=O) groups excluding carboxylic acids is 2. The highest BCUT2D eigenvalue weighted by atomic mass is 32.2. The van der Waals surface area contributed by atoms with E-state index in [0.717, 1.165) is 5.56 Å². The van der Waals surface area contributed by atoms with E-state index in [1.54, 1.807) is 38.4 Å². The number of nitrogens with zero attached hydrogens (tertiary/aromatic N) is 4. The predicted molar refractivity (Wildman–Crippen MR) is 156 cm³/mol. The van der Waals surface area contributed by atoms with Gasteiger partial charge < -0.3 is 20.4 Å². The van der Waals surface area contributed by atoms with Gasteiger partial charge in [-0.05, 0) is 56.8 Å². The topological polar surface area (TPSA) is 166 Å². The van der Waals surface area contributed by atoms with Gasteiger partial charge in [-0.15, -0.1) is 0 Å². The minimum absolute atomic E-state index is 0. The normalized spacial score (nSPS) is 16.8. The summed E-state index contributed by atoms with van der Waals surface area (Å²) in [7, 11) is -0.304. The number of aldehydes is 1. The Morgan fingerprint density at radius 2 is 1.85 bits per heavy atom. The van der Waals surface area contributed by atoms with Crippen molar-refractivity contribution < 1.29 is 28.2 Å². The summed E-state index contributed by atoms with van der Waals surface area (Å²) >= 11 is 0. The first-order chi connectivity index (χ1) is 19.0. The standard InChI is InChI=1S/C26H33N5O6S.C2H6.CH4/c1-30(17-25(8-9-25)38(36,37)26(10-11-26)22(34)16-33)12-7-20-21(15-32)31(2)29-23(20)24(35)28-14-19-5-3-18(13-27)4-6-19;1-2;/h3-6,15,22,33-34H,7-12,14,16-17H2,1-2H3,(H,28,35);1-2H3;1H4. The van der Waals surface area contributed by atoms with E-state index < -0.39 is 37.9 Å². The zero-order valence-corrected chi connectivity index (χ0v) is 24.4. The molecule has 2 saturated carbocycles. The van der Waals surface area contributed by atoms with Crippen molar-refractivity contribution in [3.8, 4) is 6.07 Å². The Kier molecular flexibility index (Phi) is 11.4. The molecule has 12 heteroatoms. The van der Waals surface area contributed by atoms with Crippen molar-refractivity contribution in [1.29, 1.82) is 5.26 Å². The number of aromatic nitrogens is 2. The molecule has 1 unspecified atom stereocenters. The molecule has 1 atom stereocenters. The van der Waals surface area contributed by atoms with Gasteiger partial charge in [-0.25, -0.2) is 8.42 Å². The number of aliphatic hydroxyl groups excluding tert-OH is 2. The van der Waals surface area contributed by atoms with Crippen LogP contribution in [-0.2, 0) is 29.9 Å². The van der Waals surface area contributed by atoms with E-state index in [4.69, 9.17) is 5.26 Å². The molecule has 1 amide bonds. The van der Waals surface area contributed by atoms with E-state index in [-0.39, 0.29) is 31.9 Å². The highest BCUT2D eigenvalue weighted by Gasteiger charge is 2.69. The van der Waals surface area contributed by atoms with Crippen LogP contribution in [0.25, 0.3) is 0 Å².